The molecule has 0 atom stereocenters. The minimum Gasteiger partial charge on any atom is -0.324 e. The average molecular weight is 570 g/mol. The van der Waals surface area contributed by atoms with E-state index in [2.05, 4.69) is 55.3 Å². The molecule has 0 radical (unpaired) electrons. The molecule has 8 nitrogen and oxygen atoms in total. The monoisotopic (exact) mass is 569 g/mol. The van der Waals surface area contributed by atoms with Gasteiger partial charge in [-0.05, 0) is 66.6 Å². The summed E-state index contributed by atoms with van der Waals surface area (Å²) >= 11 is 0. The number of piperazine rings is 1. The summed E-state index contributed by atoms with van der Waals surface area (Å²) in [6.45, 7) is 7.30. The van der Waals surface area contributed by atoms with Crippen molar-refractivity contribution < 1.29 is 4.79 Å². The van der Waals surface area contributed by atoms with Crippen LogP contribution >= 0.6 is 0 Å². The lowest BCUT2D eigenvalue weighted by atomic mass is 10.00. The van der Waals surface area contributed by atoms with Crippen molar-refractivity contribution in [2.24, 2.45) is 0 Å². The van der Waals surface area contributed by atoms with Gasteiger partial charge in [-0.25, -0.2) is 9.97 Å². The lowest BCUT2D eigenvalue weighted by Gasteiger charge is -2.32. The maximum Gasteiger partial charge on any atom is 0.227 e. The number of pyridine rings is 2. The fourth-order valence-electron chi connectivity index (χ4n) is 5.24. The zero-order valence-electron chi connectivity index (χ0n) is 24.6. The summed E-state index contributed by atoms with van der Waals surface area (Å²) < 4.78 is 0. The second kappa shape index (κ2) is 13.0. The van der Waals surface area contributed by atoms with Gasteiger partial charge in [-0.1, -0.05) is 36.4 Å². The highest BCUT2D eigenvalue weighted by molar-refractivity contribution is 5.97. The zero-order chi connectivity index (χ0) is 29.6. The summed E-state index contributed by atoms with van der Waals surface area (Å²) in [4.78, 5) is 35.7. The van der Waals surface area contributed by atoms with Crippen LogP contribution in [0.15, 0.2) is 97.7 Å². The van der Waals surface area contributed by atoms with Gasteiger partial charge in [0.15, 0.2) is 5.78 Å². The molecule has 2 aromatic carbocycles. The van der Waals surface area contributed by atoms with E-state index in [1.807, 2.05) is 61.7 Å². The van der Waals surface area contributed by atoms with Crippen molar-refractivity contribution in [1.82, 2.24) is 29.7 Å². The number of benzene rings is 2. The summed E-state index contributed by atoms with van der Waals surface area (Å²) in [6, 6.07) is 22.0. The predicted molar refractivity (Wildman–Crippen MR) is 170 cm³/mol. The highest BCUT2D eigenvalue weighted by Crippen LogP contribution is 2.26. The third-order valence-corrected chi connectivity index (χ3v) is 7.89. The van der Waals surface area contributed by atoms with Crippen LogP contribution in [0.5, 0.6) is 0 Å². The van der Waals surface area contributed by atoms with Crippen LogP contribution in [0, 0.1) is 6.92 Å². The van der Waals surface area contributed by atoms with Gasteiger partial charge in [0.05, 0.1) is 5.69 Å². The van der Waals surface area contributed by atoms with Gasteiger partial charge in [0.25, 0.3) is 0 Å². The fraction of sp³-hybridized carbons (Fsp3) is 0.229. The molecule has 4 heterocycles. The van der Waals surface area contributed by atoms with Gasteiger partial charge in [0, 0.05) is 92.5 Å². The second-order valence-corrected chi connectivity index (χ2v) is 11.1. The number of carbonyl (C=O) groups is 1. The third kappa shape index (κ3) is 7.17. The molecule has 0 spiro atoms. The highest BCUT2D eigenvalue weighted by atomic mass is 16.1. The summed E-state index contributed by atoms with van der Waals surface area (Å²) in [7, 11) is 2.17. The quantitative estimate of drug-likeness (QED) is 0.222. The zero-order valence-corrected chi connectivity index (χ0v) is 24.6. The Morgan fingerprint density at radius 1 is 0.791 bits per heavy atom. The molecular formula is C35H35N7O. The van der Waals surface area contributed by atoms with Gasteiger partial charge in [-0.2, -0.15) is 0 Å². The summed E-state index contributed by atoms with van der Waals surface area (Å²) in [6.07, 6.45) is 9.22. The van der Waals surface area contributed by atoms with Gasteiger partial charge < -0.3 is 10.2 Å². The van der Waals surface area contributed by atoms with Crippen LogP contribution in [0.2, 0.25) is 0 Å². The van der Waals surface area contributed by atoms with Crippen LogP contribution in [0.25, 0.3) is 22.4 Å². The van der Waals surface area contributed by atoms with E-state index in [1.54, 1.807) is 24.8 Å². The molecule has 216 valence electrons. The number of hydrogen-bond acceptors (Lipinski definition) is 8. The lowest BCUT2D eigenvalue weighted by Crippen LogP contribution is -2.43. The lowest BCUT2D eigenvalue weighted by molar-refractivity contribution is 0.0993. The predicted octanol–water partition coefficient (Wildman–Crippen LogP) is 5.83. The van der Waals surface area contributed by atoms with E-state index in [-0.39, 0.29) is 5.78 Å². The number of rotatable bonds is 9. The van der Waals surface area contributed by atoms with Gasteiger partial charge >= 0.3 is 0 Å². The minimum atomic E-state index is 0.0979. The van der Waals surface area contributed by atoms with Crippen LogP contribution in [0.4, 0.5) is 11.6 Å². The van der Waals surface area contributed by atoms with Gasteiger partial charge in [0.2, 0.25) is 5.95 Å². The number of carbonyl (C=O) groups excluding carboxylic acids is 1. The molecule has 1 saturated heterocycles. The van der Waals surface area contributed by atoms with E-state index in [0.717, 1.165) is 77.5 Å². The molecule has 0 amide bonds. The molecule has 0 saturated carbocycles. The topological polar surface area (TPSA) is 87.1 Å². The van der Waals surface area contributed by atoms with Crippen molar-refractivity contribution in [3.05, 3.63) is 120 Å². The second-order valence-electron chi connectivity index (χ2n) is 11.1. The Kier molecular flexibility index (Phi) is 8.58. The number of Topliss-reactive ketones (excluding diaryl/α,β-unsaturated/α-hetero) is 1. The number of hydrogen-bond donors (Lipinski definition) is 1. The molecule has 1 aliphatic heterocycles. The van der Waals surface area contributed by atoms with Crippen molar-refractivity contribution in [3.63, 3.8) is 0 Å². The van der Waals surface area contributed by atoms with E-state index < -0.39 is 0 Å². The minimum absolute atomic E-state index is 0.0979. The van der Waals surface area contributed by atoms with Crippen molar-refractivity contribution in [2.75, 3.05) is 38.5 Å². The molecule has 1 aliphatic rings. The summed E-state index contributed by atoms with van der Waals surface area (Å²) in [5, 5.41) is 3.36. The first kappa shape index (κ1) is 28.3. The maximum atomic E-state index is 13.2. The summed E-state index contributed by atoms with van der Waals surface area (Å²) in [5.41, 5.74) is 8.51. The molecule has 3 aromatic heterocycles. The number of anilines is 2. The number of likely N-dealkylation sites (N-methyl/N-ethyl adjacent to an activating group) is 1. The molecule has 6 rings (SSSR count). The molecule has 0 aliphatic carbocycles. The fourth-order valence-corrected chi connectivity index (χ4v) is 5.24. The first-order valence-electron chi connectivity index (χ1n) is 14.6. The van der Waals surface area contributed by atoms with Gasteiger partial charge in [-0.3, -0.25) is 19.7 Å². The Morgan fingerprint density at radius 2 is 1.53 bits per heavy atom. The van der Waals surface area contributed by atoms with E-state index in [1.165, 1.54) is 5.56 Å². The van der Waals surface area contributed by atoms with Crippen LogP contribution in [0.3, 0.4) is 0 Å². The van der Waals surface area contributed by atoms with Crippen LogP contribution in [-0.4, -0.2) is 68.7 Å². The first-order chi connectivity index (χ1) is 21.0. The first-order valence-corrected chi connectivity index (χ1v) is 14.6. The number of aromatic nitrogens is 4. The van der Waals surface area contributed by atoms with Crippen LogP contribution < -0.4 is 5.32 Å². The standard InChI is InChI=1S/C35H35N7O/c1-25-3-4-27(20-34(43)29-7-5-26(6-8-29)24-42-17-15-41(2)16-18-42)19-33(25)40-35-38-14-11-32(39-35)31-21-30(22-37-23-31)28-9-12-36-13-10-28/h3-14,19,21-23H,15-18,20,24H2,1-2H3,(H,38,39,40). The largest absolute Gasteiger partial charge is 0.324 e. The molecule has 0 bridgehead atoms. The molecule has 1 N–H and O–H groups in total. The van der Waals surface area contributed by atoms with Crippen LogP contribution in [0.1, 0.15) is 27.0 Å². The average Bonchev–Trinajstić information content (AvgIpc) is 3.05. The van der Waals surface area contributed by atoms with Crippen molar-refractivity contribution in [2.45, 2.75) is 19.9 Å². The number of nitrogens with one attached hydrogen (secondary N) is 1. The highest BCUT2D eigenvalue weighted by Gasteiger charge is 2.15. The third-order valence-electron chi connectivity index (χ3n) is 7.89. The normalized spacial score (nSPS) is 14.0. The Hall–Kier alpha value is -4.79. The molecule has 43 heavy (non-hydrogen) atoms. The van der Waals surface area contributed by atoms with E-state index in [4.69, 9.17) is 4.98 Å². The van der Waals surface area contributed by atoms with Gasteiger partial charge in [-0.15, -0.1) is 0 Å². The van der Waals surface area contributed by atoms with Crippen molar-refractivity contribution in [1.29, 1.82) is 0 Å². The molecular weight excluding hydrogens is 534 g/mol. The van der Waals surface area contributed by atoms with E-state index >= 15 is 0 Å². The maximum absolute atomic E-state index is 13.2. The molecule has 0 unspecified atom stereocenters. The molecule has 5 aromatic rings. The number of aryl methyl sites for hydroxylation is 1. The summed E-state index contributed by atoms with van der Waals surface area (Å²) in [5.74, 6) is 0.579. The van der Waals surface area contributed by atoms with Gasteiger partial charge in [0.1, 0.15) is 0 Å². The molecule has 1 fully saturated rings. The Balaban J connectivity index is 1.12. The van der Waals surface area contributed by atoms with Crippen molar-refractivity contribution >= 4 is 17.4 Å². The Morgan fingerprint density at radius 3 is 2.33 bits per heavy atom. The SMILES string of the molecule is Cc1ccc(CC(=O)c2ccc(CN3CCN(C)CC3)cc2)cc1Nc1nccc(-c2cncc(-c3ccncc3)c2)n1. The van der Waals surface area contributed by atoms with Crippen molar-refractivity contribution in [3.8, 4) is 22.4 Å². The van der Waals surface area contributed by atoms with E-state index in [0.29, 0.717) is 12.4 Å². The number of nitrogens with zero attached hydrogens (tertiary/aromatic N) is 6. The Bertz CT molecular complexity index is 1700. The van der Waals surface area contributed by atoms with Crippen LogP contribution in [-0.2, 0) is 13.0 Å². The molecule has 8 heteroatoms. The number of ketones is 1. The Labute approximate surface area is 252 Å². The smallest absolute Gasteiger partial charge is 0.227 e. The van der Waals surface area contributed by atoms with E-state index in [9.17, 15) is 4.79 Å².